The summed E-state index contributed by atoms with van der Waals surface area (Å²) in [6.45, 7) is 0. The van der Waals surface area contributed by atoms with E-state index in [0.29, 0.717) is 37.8 Å². The maximum Gasteiger partial charge on any atom is 0.445 e. The van der Waals surface area contributed by atoms with E-state index in [4.69, 9.17) is 23.2 Å². The van der Waals surface area contributed by atoms with E-state index in [-0.39, 0.29) is 10.7 Å². The molecule has 0 unspecified atom stereocenters. The molecule has 172 valence electrons. The molecule has 0 spiro atoms. The second-order valence-corrected chi connectivity index (χ2v) is 9.55. The lowest BCUT2D eigenvalue weighted by atomic mass is 10.1. The molecule has 0 radical (unpaired) electrons. The van der Waals surface area contributed by atoms with Crippen LogP contribution in [0.3, 0.4) is 0 Å². The van der Waals surface area contributed by atoms with Crippen LogP contribution in [0.2, 0.25) is 10.0 Å². The summed E-state index contributed by atoms with van der Waals surface area (Å²) >= 11 is 13.7. The summed E-state index contributed by atoms with van der Waals surface area (Å²) in [4.78, 5) is 8.92. The minimum absolute atomic E-state index is 0.0954. The number of fused-ring (bicyclic) bond motifs is 1. The van der Waals surface area contributed by atoms with Crippen molar-refractivity contribution in [3.8, 4) is 22.5 Å². The summed E-state index contributed by atoms with van der Waals surface area (Å²) in [6, 6.07) is 14.0. The third-order valence-corrected chi connectivity index (χ3v) is 6.79. The van der Waals surface area contributed by atoms with Crippen LogP contribution in [0.1, 0.15) is 10.7 Å². The number of rotatable bonds is 5. The van der Waals surface area contributed by atoms with Crippen molar-refractivity contribution in [1.29, 1.82) is 0 Å². The van der Waals surface area contributed by atoms with Crippen LogP contribution in [0.5, 0.6) is 0 Å². The van der Waals surface area contributed by atoms with Gasteiger partial charge in [-0.25, -0.2) is 14.5 Å². The molecule has 5 aromatic rings. The quantitative estimate of drug-likeness (QED) is 0.187. The number of alkyl halides is 3. The average molecular weight is 539 g/mol. The molecule has 6 nitrogen and oxygen atoms in total. The summed E-state index contributed by atoms with van der Waals surface area (Å²) in [5.41, 5.74) is 5.82. The molecule has 0 saturated carbocycles. The van der Waals surface area contributed by atoms with Gasteiger partial charge in [0.05, 0.1) is 11.9 Å². The fourth-order valence-electron chi connectivity index (χ4n) is 3.04. The molecule has 0 aliphatic heterocycles. The Labute approximate surface area is 208 Å². The Hall–Kier alpha value is -2.99. The Bertz CT molecular complexity index is 1490. The summed E-state index contributed by atoms with van der Waals surface area (Å²) in [5.74, 6) is 0. The van der Waals surface area contributed by atoms with Gasteiger partial charge < -0.3 is 0 Å². The van der Waals surface area contributed by atoms with E-state index >= 15 is 0 Å². The number of hydrogen-bond acceptors (Lipinski definition) is 7. The minimum Gasteiger partial charge on any atom is -0.253 e. The van der Waals surface area contributed by atoms with Crippen molar-refractivity contribution in [3.05, 3.63) is 74.7 Å². The van der Waals surface area contributed by atoms with Gasteiger partial charge in [0, 0.05) is 26.6 Å². The van der Waals surface area contributed by atoms with E-state index in [2.05, 4.69) is 25.6 Å². The van der Waals surface area contributed by atoms with Crippen LogP contribution in [0.15, 0.2) is 59.0 Å². The lowest BCUT2D eigenvalue weighted by molar-refractivity contribution is -0.138. The van der Waals surface area contributed by atoms with Gasteiger partial charge in [-0.15, -0.1) is 16.4 Å². The van der Waals surface area contributed by atoms with E-state index < -0.39 is 11.2 Å². The first-order valence-corrected chi connectivity index (χ1v) is 12.0. The van der Waals surface area contributed by atoms with Gasteiger partial charge in [-0.2, -0.15) is 18.3 Å². The standard InChI is InChI=1S/C21H11Cl2F3N6S2/c22-13-5-1-11(2-6-13)15-10-33-19(28-15)30-27-9-16-17(12-3-7-14(23)8-4-12)29-20-32(16)31-18(34-20)21(24,25)26/h1-10H,(H,28,30)/b27-9+. The molecule has 0 amide bonds. The van der Waals surface area contributed by atoms with Gasteiger partial charge in [0.15, 0.2) is 0 Å². The number of hydrogen-bond donors (Lipinski definition) is 1. The number of anilines is 1. The highest BCUT2D eigenvalue weighted by atomic mass is 35.5. The molecule has 0 bridgehead atoms. The Morgan fingerprint density at radius 1 is 0.941 bits per heavy atom. The molecule has 5 rings (SSSR count). The molecule has 0 aliphatic rings. The maximum absolute atomic E-state index is 13.2. The van der Waals surface area contributed by atoms with E-state index in [1.165, 1.54) is 17.6 Å². The van der Waals surface area contributed by atoms with Crippen molar-refractivity contribution in [2.45, 2.75) is 6.18 Å². The number of thiazole rings is 1. The number of nitrogens with zero attached hydrogens (tertiary/aromatic N) is 5. The van der Waals surface area contributed by atoms with Crippen LogP contribution in [0, 0.1) is 0 Å². The number of halogens is 5. The van der Waals surface area contributed by atoms with Crippen molar-refractivity contribution in [1.82, 2.24) is 19.6 Å². The predicted octanol–water partition coefficient (Wildman–Crippen LogP) is 7.35. The van der Waals surface area contributed by atoms with Crippen LogP contribution in [0.4, 0.5) is 18.3 Å². The van der Waals surface area contributed by atoms with Crippen LogP contribution >= 0.6 is 45.9 Å². The smallest absolute Gasteiger partial charge is 0.253 e. The molecule has 0 fully saturated rings. The summed E-state index contributed by atoms with van der Waals surface area (Å²) in [6.07, 6.45) is -3.20. The van der Waals surface area contributed by atoms with E-state index in [0.717, 1.165) is 15.8 Å². The topological polar surface area (TPSA) is 67.5 Å². The molecule has 1 N–H and O–H groups in total. The van der Waals surface area contributed by atoms with Gasteiger partial charge in [-0.3, -0.25) is 5.43 Å². The van der Waals surface area contributed by atoms with Crippen LogP contribution < -0.4 is 5.43 Å². The largest absolute Gasteiger partial charge is 0.445 e. The third kappa shape index (κ3) is 4.64. The van der Waals surface area contributed by atoms with Crippen LogP contribution in [0.25, 0.3) is 27.5 Å². The Morgan fingerprint density at radius 2 is 1.59 bits per heavy atom. The number of nitrogens with one attached hydrogen (secondary N) is 1. The van der Waals surface area contributed by atoms with Crippen molar-refractivity contribution in [2.24, 2.45) is 5.10 Å². The Kier molecular flexibility index (Phi) is 6.02. The van der Waals surface area contributed by atoms with Crippen LogP contribution in [-0.2, 0) is 6.18 Å². The molecular weight excluding hydrogens is 528 g/mol. The molecule has 3 aromatic heterocycles. The van der Waals surface area contributed by atoms with Crippen LogP contribution in [-0.4, -0.2) is 25.8 Å². The van der Waals surface area contributed by atoms with Crippen molar-refractivity contribution >= 4 is 62.2 Å². The van der Waals surface area contributed by atoms with Gasteiger partial charge in [-0.05, 0) is 24.3 Å². The Balaban J connectivity index is 1.46. The molecule has 3 heterocycles. The molecule has 0 aliphatic carbocycles. The number of imidazole rings is 1. The highest BCUT2D eigenvalue weighted by Crippen LogP contribution is 2.35. The van der Waals surface area contributed by atoms with Crippen molar-refractivity contribution in [3.63, 3.8) is 0 Å². The molecule has 13 heteroatoms. The SMILES string of the molecule is FC(F)(F)c1nn2c(/C=N/Nc3nc(-c4ccc(Cl)cc4)cs3)c(-c3ccc(Cl)cc3)nc2s1. The monoisotopic (exact) mass is 538 g/mol. The van der Waals surface area contributed by atoms with Gasteiger partial charge >= 0.3 is 6.18 Å². The third-order valence-electron chi connectivity index (χ3n) is 4.59. The number of aromatic nitrogens is 4. The zero-order valence-electron chi connectivity index (χ0n) is 16.7. The van der Waals surface area contributed by atoms with E-state index in [1.807, 2.05) is 17.5 Å². The van der Waals surface area contributed by atoms with Crippen molar-refractivity contribution < 1.29 is 13.2 Å². The van der Waals surface area contributed by atoms with Gasteiger partial charge in [-0.1, -0.05) is 58.8 Å². The minimum atomic E-state index is -4.57. The predicted molar refractivity (Wildman–Crippen MR) is 130 cm³/mol. The van der Waals surface area contributed by atoms with E-state index in [9.17, 15) is 13.2 Å². The summed E-state index contributed by atoms with van der Waals surface area (Å²) < 4.78 is 40.6. The zero-order chi connectivity index (χ0) is 23.9. The number of benzene rings is 2. The second-order valence-electron chi connectivity index (χ2n) is 6.87. The molecule has 0 saturated heterocycles. The average Bonchev–Trinajstić information content (AvgIpc) is 3.50. The summed E-state index contributed by atoms with van der Waals surface area (Å²) in [5, 5.41) is 10.4. The lowest BCUT2D eigenvalue weighted by Crippen LogP contribution is -2.06. The van der Waals surface area contributed by atoms with Gasteiger partial charge in [0.1, 0.15) is 11.4 Å². The first-order valence-electron chi connectivity index (χ1n) is 9.51. The van der Waals surface area contributed by atoms with E-state index in [1.54, 1.807) is 36.4 Å². The first-order chi connectivity index (χ1) is 16.3. The highest BCUT2D eigenvalue weighted by Gasteiger charge is 2.36. The number of hydrazone groups is 1. The zero-order valence-corrected chi connectivity index (χ0v) is 19.9. The first kappa shape index (κ1) is 22.8. The maximum atomic E-state index is 13.2. The fraction of sp³-hybridized carbons (Fsp3) is 0.0476. The molecule has 2 aromatic carbocycles. The Morgan fingerprint density at radius 3 is 2.24 bits per heavy atom. The molecule has 0 atom stereocenters. The van der Waals surface area contributed by atoms with Gasteiger partial charge in [0.25, 0.3) is 0 Å². The lowest BCUT2D eigenvalue weighted by Gasteiger charge is -2.01. The second kappa shape index (κ2) is 8.99. The van der Waals surface area contributed by atoms with Gasteiger partial charge in [0.2, 0.25) is 15.1 Å². The normalized spacial score (nSPS) is 12.1. The van der Waals surface area contributed by atoms with Crippen molar-refractivity contribution in [2.75, 3.05) is 5.43 Å². The highest BCUT2D eigenvalue weighted by molar-refractivity contribution is 7.16. The summed E-state index contributed by atoms with van der Waals surface area (Å²) in [7, 11) is 0. The fourth-order valence-corrected chi connectivity index (χ4v) is 4.74. The molecule has 34 heavy (non-hydrogen) atoms. The molecular formula is C21H11Cl2F3N6S2.